The Bertz CT molecular complexity index is 1370. The Labute approximate surface area is 184 Å². The molecule has 2 heterocycles. The van der Waals surface area contributed by atoms with Crippen LogP contribution < -0.4 is 16.1 Å². The molecular formula is C22H17ClF3N3O3. The average molecular weight is 464 g/mol. The third-order valence-electron chi connectivity index (χ3n) is 6.47. The number of rotatable bonds is 3. The fourth-order valence-electron chi connectivity index (χ4n) is 4.57. The molecule has 1 spiro atoms. The monoisotopic (exact) mass is 463 g/mol. The highest BCUT2D eigenvalue weighted by molar-refractivity contribution is 6.38. The summed E-state index contributed by atoms with van der Waals surface area (Å²) in [6.45, 7) is 0.836. The summed E-state index contributed by atoms with van der Waals surface area (Å²) in [7, 11) is 0. The van der Waals surface area contributed by atoms with Crippen LogP contribution >= 0.6 is 11.6 Å². The lowest BCUT2D eigenvalue weighted by Gasteiger charge is -2.23. The Morgan fingerprint density at radius 1 is 1.19 bits per heavy atom. The second kappa shape index (κ2) is 6.98. The number of carbonyl (C=O) groups is 1. The van der Waals surface area contributed by atoms with Crippen LogP contribution in [0.25, 0.3) is 16.6 Å². The molecule has 0 bridgehead atoms. The Kier molecular flexibility index (Phi) is 4.55. The zero-order valence-corrected chi connectivity index (χ0v) is 17.3. The lowest BCUT2D eigenvalue weighted by Crippen LogP contribution is -2.30. The minimum absolute atomic E-state index is 0.0112. The summed E-state index contributed by atoms with van der Waals surface area (Å²) in [6.07, 6.45) is 2.75. The predicted molar refractivity (Wildman–Crippen MR) is 113 cm³/mol. The SMILES string of the molecule is NC1CN(c2c(F)cc3c(=O)c(C(=O)O)cn(-c4ccc(F)cc4F)c3c2Cl)CC12CC2. The summed E-state index contributed by atoms with van der Waals surface area (Å²) in [6, 6.07) is 3.43. The summed E-state index contributed by atoms with van der Waals surface area (Å²) < 4.78 is 44.4. The first-order valence-electron chi connectivity index (χ1n) is 9.89. The van der Waals surface area contributed by atoms with Gasteiger partial charge in [0.15, 0.2) is 0 Å². The first-order valence-corrected chi connectivity index (χ1v) is 10.3. The maximum Gasteiger partial charge on any atom is 0.341 e. The molecule has 166 valence electrons. The van der Waals surface area contributed by atoms with E-state index in [1.54, 1.807) is 4.90 Å². The summed E-state index contributed by atoms with van der Waals surface area (Å²) in [5, 5.41) is 8.95. The molecule has 10 heteroatoms. The molecule has 1 aliphatic heterocycles. The Morgan fingerprint density at radius 3 is 2.50 bits per heavy atom. The molecular weight excluding hydrogens is 447 g/mol. The maximum atomic E-state index is 15.2. The minimum Gasteiger partial charge on any atom is -0.477 e. The van der Waals surface area contributed by atoms with Gasteiger partial charge in [-0.2, -0.15) is 0 Å². The number of carboxylic acid groups (broad SMARTS) is 1. The van der Waals surface area contributed by atoms with Crippen LogP contribution in [-0.4, -0.2) is 34.8 Å². The molecule has 3 aromatic rings. The van der Waals surface area contributed by atoms with Crippen LogP contribution in [0.5, 0.6) is 0 Å². The molecule has 32 heavy (non-hydrogen) atoms. The van der Waals surface area contributed by atoms with E-state index < -0.39 is 34.4 Å². The number of fused-ring (bicyclic) bond motifs is 1. The summed E-state index contributed by atoms with van der Waals surface area (Å²) in [4.78, 5) is 26.1. The van der Waals surface area contributed by atoms with Gasteiger partial charge in [-0.1, -0.05) is 11.6 Å². The highest BCUT2D eigenvalue weighted by Crippen LogP contribution is 2.53. The molecule has 1 aromatic heterocycles. The van der Waals surface area contributed by atoms with Crippen molar-refractivity contribution in [2.24, 2.45) is 11.1 Å². The molecule has 2 aromatic carbocycles. The number of pyridine rings is 1. The van der Waals surface area contributed by atoms with Crippen LogP contribution in [0.1, 0.15) is 23.2 Å². The molecule has 3 N–H and O–H groups in total. The van der Waals surface area contributed by atoms with Gasteiger partial charge in [-0.05, 0) is 31.0 Å². The van der Waals surface area contributed by atoms with Crippen molar-refractivity contribution in [3.05, 3.63) is 68.7 Å². The van der Waals surface area contributed by atoms with E-state index in [1.807, 2.05) is 0 Å². The third kappa shape index (κ3) is 2.99. The number of anilines is 1. The zero-order chi connectivity index (χ0) is 22.9. The summed E-state index contributed by atoms with van der Waals surface area (Å²) in [5.74, 6) is -4.23. The van der Waals surface area contributed by atoms with Crippen molar-refractivity contribution < 1.29 is 23.1 Å². The fraction of sp³-hybridized carbons (Fsp3) is 0.273. The van der Waals surface area contributed by atoms with Crippen LogP contribution in [-0.2, 0) is 0 Å². The van der Waals surface area contributed by atoms with E-state index in [9.17, 15) is 23.5 Å². The van der Waals surface area contributed by atoms with Crippen LogP contribution in [0.3, 0.4) is 0 Å². The van der Waals surface area contributed by atoms with Crippen LogP contribution in [0, 0.1) is 22.9 Å². The predicted octanol–water partition coefficient (Wildman–Crippen LogP) is 3.69. The lowest BCUT2D eigenvalue weighted by molar-refractivity contribution is 0.0695. The molecule has 1 saturated heterocycles. The normalized spacial score (nSPS) is 19.2. The number of nitrogens with zero attached hydrogens (tertiary/aromatic N) is 2. The van der Waals surface area contributed by atoms with Gasteiger partial charge in [0, 0.05) is 36.8 Å². The number of hydrogen-bond acceptors (Lipinski definition) is 4. The molecule has 2 fully saturated rings. The van der Waals surface area contributed by atoms with E-state index in [4.69, 9.17) is 17.3 Å². The Balaban J connectivity index is 1.83. The van der Waals surface area contributed by atoms with Gasteiger partial charge in [-0.15, -0.1) is 0 Å². The van der Waals surface area contributed by atoms with E-state index in [-0.39, 0.29) is 38.8 Å². The highest BCUT2D eigenvalue weighted by Gasteiger charge is 2.54. The standard InChI is InChI=1S/C22H17ClF3N3O3/c23-17-18-11(6-14(26)19(17)28-8-16(27)22(9-28)3-4-22)20(30)12(21(31)32)7-29(18)15-2-1-10(24)5-13(15)25/h1-2,5-7,16H,3-4,8-9,27H2,(H,31,32). The molecule has 1 unspecified atom stereocenters. The van der Waals surface area contributed by atoms with E-state index in [0.717, 1.165) is 41.8 Å². The maximum absolute atomic E-state index is 15.2. The largest absolute Gasteiger partial charge is 0.477 e. The summed E-state index contributed by atoms with van der Waals surface area (Å²) in [5.41, 5.74) is 4.17. The first-order chi connectivity index (χ1) is 15.1. The van der Waals surface area contributed by atoms with Gasteiger partial charge >= 0.3 is 5.97 Å². The number of aromatic carboxylic acids is 1. The molecule has 6 nitrogen and oxygen atoms in total. The van der Waals surface area contributed by atoms with Crippen LogP contribution in [0.2, 0.25) is 5.02 Å². The summed E-state index contributed by atoms with van der Waals surface area (Å²) >= 11 is 6.60. The second-order valence-corrected chi connectivity index (χ2v) is 8.79. The van der Waals surface area contributed by atoms with Gasteiger partial charge < -0.3 is 20.3 Å². The van der Waals surface area contributed by atoms with Crippen molar-refractivity contribution in [3.8, 4) is 5.69 Å². The number of halogens is 4. The first kappa shape index (κ1) is 20.8. The van der Waals surface area contributed by atoms with Gasteiger partial charge in [-0.25, -0.2) is 18.0 Å². The third-order valence-corrected chi connectivity index (χ3v) is 6.83. The van der Waals surface area contributed by atoms with E-state index in [1.165, 1.54) is 0 Å². The van der Waals surface area contributed by atoms with Crippen molar-refractivity contribution in [1.29, 1.82) is 0 Å². The van der Waals surface area contributed by atoms with E-state index in [2.05, 4.69) is 0 Å². The van der Waals surface area contributed by atoms with Crippen LogP contribution in [0.4, 0.5) is 18.9 Å². The smallest absolute Gasteiger partial charge is 0.341 e. The molecule has 5 rings (SSSR count). The quantitative estimate of drug-likeness (QED) is 0.618. The number of aromatic nitrogens is 1. The van der Waals surface area contributed by atoms with Crippen molar-refractivity contribution >= 4 is 34.2 Å². The zero-order valence-electron chi connectivity index (χ0n) is 16.5. The van der Waals surface area contributed by atoms with Crippen molar-refractivity contribution in [2.75, 3.05) is 18.0 Å². The molecule has 1 aliphatic carbocycles. The van der Waals surface area contributed by atoms with Crippen molar-refractivity contribution in [2.45, 2.75) is 18.9 Å². The number of carboxylic acids is 1. The van der Waals surface area contributed by atoms with Gasteiger partial charge in [0.2, 0.25) is 5.43 Å². The minimum atomic E-state index is -1.57. The number of benzene rings is 2. The number of nitrogens with two attached hydrogens (primary N) is 1. The average Bonchev–Trinajstić information content (AvgIpc) is 3.42. The van der Waals surface area contributed by atoms with E-state index >= 15 is 4.39 Å². The Hall–Kier alpha value is -3.04. The van der Waals surface area contributed by atoms with Gasteiger partial charge in [0.05, 0.1) is 27.3 Å². The van der Waals surface area contributed by atoms with Gasteiger partial charge in [0.25, 0.3) is 0 Å². The van der Waals surface area contributed by atoms with E-state index in [0.29, 0.717) is 19.2 Å². The molecule has 2 aliphatic rings. The fourth-order valence-corrected chi connectivity index (χ4v) is 4.97. The highest BCUT2D eigenvalue weighted by atomic mass is 35.5. The topological polar surface area (TPSA) is 88.6 Å². The van der Waals surface area contributed by atoms with Gasteiger partial charge in [-0.3, -0.25) is 4.79 Å². The lowest BCUT2D eigenvalue weighted by atomic mass is 10.0. The molecule has 1 saturated carbocycles. The van der Waals surface area contributed by atoms with Crippen molar-refractivity contribution in [3.63, 3.8) is 0 Å². The molecule has 0 radical (unpaired) electrons. The van der Waals surface area contributed by atoms with Crippen LogP contribution in [0.15, 0.2) is 35.3 Å². The van der Waals surface area contributed by atoms with Gasteiger partial charge in [0.1, 0.15) is 23.0 Å². The second-order valence-electron chi connectivity index (χ2n) is 8.41. The molecule has 1 atom stereocenters. The van der Waals surface area contributed by atoms with Crippen molar-refractivity contribution in [1.82, 2.24) is 4.57 Å². The Morgan fingerprint density at radius 2 is 1.91 bits per heavy atom. The number of hydrogen-bond donors (Lipinski definition) is 2. The molecule has 0 amide bonds.